The smallest absolute Gasteiger partial charge is 0.348 e. The predicted molar refractivity (Wildman–Crippen MR) is 72.6 cm³/mol. The molecule has 0 bridgehead atoms. The second-order valence-electron chi connectivity index (χ2n) is 3.84. The minimum atomic E-state index is -3.63. The summed E-state index contributed by atoms with van der Waals surface area (Å²) in [5.41, 5.74) is 0. The van der Waals surface area contributed by atoms with Crippen LogP contribution in [-0.2, 0) is 9.13 Å². The van der Waals surface area contributed by atoms with E-state index in [0.29, 0.717) is 0 Å². The van der Waals surface area contributed by atoms with Crippen LogP contribution in [0.5, 0.6) is 0 Å². The Hall–Kier alpha value is 1.46. The topological polar surface area (TPSA) is 135 Å². The second kappa shape index (κ2) is 10.3. The van der Waals surface area contributed by atoms with Crippen LogP contribution < -0.4 is 0 Å². The van der Waals surface area contributed by atoms with E-state index in [4.69, 9.17) is 24.5 Å². The third kappa shape index (κ3) is 15.4. The van der Waals surface area contributed by atoms with Crippen molar-refractivity contribution in [1.29, 1.82) is 0 Å². The summed E-state index contributed by atoms with van der Waals surface area (Å²) in [7, 11) is -8.56. The molecule has 0 radical (unpaired) electrons. The Bertz CT molecular complexity index is 238. The molecule has 0 amide bonds. The van der Waals surface area contributed by atoms with E-state index in [1.165, 1.54) is 6.92 Å². The van der Waals surface area contributed by atoms with Crippen molar-refractivity contribution in [3.63, 3.8) is 0 Å². The van der Waals surface area contributed by atoms with Crippen molar-refractivity contribution in [3.8, 4) is 0 Å². The van der Waals surface area contributed by atoms with E-state index < -0.39 is 44.4 Å². The zero-order chi connectivity index (χ0) is 14.2. The average molecular weight is 322 g/mol. The summed E-state index contributed by atoms with van der Waals surface area (Å²) >= 11 is -0.869. The first-order valence-corrected chi connectivity index (χ1v) is 11.7. The molecule has 0 aromatic carbocycles. The van der Waals surface area contributed by atoms with E-state index in [-0.39, 0.29) is 13.7 Å². The van der Waals surface area contributed by atoms with Gasteiger partial charge in [-0.05, 0) is 0 Å². The van der Waals surface area contributed by atoms with Gasteiger partial charge >= 0.3 is 56.1 Å². The van der Waals surface area contributed by atoms with Crippen molar-refractivity contribution in [3.05, 3.63) is 0 Å². The van der Waals surface area contributed by atoms with Gasteiger partial charge in [-0.3, -0.25) is 9.13 Å². The fraction of sp³-hybridized carbons (Fsp3) is 1.00. The van der Waals surface area contributed by atoms with Gasteiger partial charge in [0.15, 0.2) is 16.1 Å². The molecule has 4 atom stereocenters. The van der Waals surface area contributed by atoms with E-state index >= 15 is 0 Å². The first-order valence-electron chi connectivity index (χ1n) is 5.14. The fourth-order valence-electron chi connectivity index (χ4n) is 0.732. The van der Waals surface area contributed by atoms with Gasteiger partial charge in [0.2, 0.25) is 0 Å². The number of rotatable bonds is 5. The molecular weight excluding hydrogens is 301 g/mol. The first-order chi connectivity index (χ1) is 7.51. The molecule has 104 valence electrons. The molecule has 0 fully saturated rings. The molecule has 11 heteroatoms. The van der Waals surface area contributed by atoms with E-state index in [0.717, 1.165) is 0 Å². The molecule has 0 spiro atoms. The van der Waals surface area contributed by atoms with Gasteiger partial charge in [-0.1, -0.05) is 21.4 Å². The number of hydrogen-bond acceptors (Lipinski definition) is 5. The summed E-state index contributed by atoms with van der Waals surface area (Å²) in [6, 6.07) is 0. The van der Waals surface area contributed by atoms with Crippen molar-refractivity contribution >= 4 is 44.4 Å². The molecule has 0 rings (SSSR count). The van der Waals surface area contributed by atoms with Crippen LogP contribution in [0.2, 0.25) is 0 Å². The molecule has 0 aromatic rings. The second-order valence-corrected chi connectivity index (χ2v) is 14.0. The maximum atomic E-state index is 10.5. The van der Waals surface area contributed by atoms with Gasteiger partial charge in [0.25, 0.3) is 0 Å². The zero-order valence-electron chi connectivity index (χ0n) is 10.1. The Balaban J connectivity index is 0. The van der Waals surface area contributed by atoms with Gasteiger partial charge in [-0.25, -0.2) is 0 Å². The quantitative estimate of drug-likeness (QED) is 0.349. The summed E-state index contributed by atoms with van der Waals surface area (Å²) in [6.07, 6.45) is 0.0764. The van der Waals surface area contributed by atoms with Crippen LogP contribution in [0.25, 0.3) is 0 Å². The molecule has 0 heterocycles. The molecular formula is C6H21MgO7P3. The monoisotopic (exact) mass is 322 g/mol. The summed E-state index contributed by atoms with van der Waals surface area (Å²) in [6.45, 7) is 4.87. The maximum absolute atomic E-state index is 10.5. The molecule has 7 nitrogen and oxygen atoms in total. The van der Waals surface area contributed by atoms with E-state index in [1.807, 2.05) is 0 Å². The predicted octanol–water partition coefficient (Wildman–Crippen LogP) is -0.205. The molecule has 0 aliphatic carbocycles. The van der Waals surface area contributed by atoms with Crippen molar-refractivity contribution in [2.45, 2.75) is 28.3 Å². The summed E-state index contributed by atoms with van der Waals surface area (Å²) in [5, 5.41) is 0. The summed E-state index contributed by atoms with van der Waals surface area (Å²) < 4.78 is 20.6. The van der Waals surface area contributed by atoms with Gasteiger partial charge in [-0.15, -0.1) is 0 Å². The van der Waals surface area contributed by atoms with Crippen LogP contribution in [0, 0.1) is 0 Å². The summed E-state index contributed by atoms with van der Waals surface area (Å²) in [4.78, 5) is 41.5. The Morgan fingerprint density at radius 2 is 1.29 bits per heavy atom. The van der Waals surface area contributed by atoms with E-state index in [1.54, 1.807) is 13.8 Å². The van der Waals surface area contributed by atoms with Gasteiger partial charge in [-0.2, -0.15) is 0 Å². The van der Waals surface area contributed by atoms with E-state index in [9.17, 15) is 9.13 Å². The molecule has 4 unspecified atom stereocenters. The maximum Gasteiger partial charge on any atom is 0.402 e. The van der Waals surface area contributed by atoms with E-state index in [2.05, 4.69) is 0 Å². The molecule has 0 aromatic heterocycles. The van der Waals surface area contributed by atoms with Crippen LogP contribution in [0.3, 0.4) is 0 Å². The van der Waals surface area contributed by atoms with Gasteiger partial charge < -0.3 is 9.79 Å². The van der Waals surface area contributed by atoms with Crippen molar-refractivity contribution in [2.24, 2.45) is 0 Å². The molecule has 17 heavy (non-hydrogen) atoms. The third-order valence-corrected chi connectivity index (χ3v) is 9.58. The SMILES string of the molecule is CC[PH](O)(O)O.C[CH]([Mg][CH](C)[PH](=O)O)[PH](=O)O. The van der Waals surface area contributed by atoms with Crippen LogP contribution in [0.4, 0.5) is 0 Å². The standard InChI is InChI=1S/C2H9O3P.2C2H6O2P.Mg/c1-2-6(3,4)5;2*1-2-5(3)4;/h3-6H,2H2,1H3;2*2,5H,1H3,(H,3,4);. The average Bonchev–Trinajstić information content (AvgIpc) is 2.17. The van der Waals surface area contributed by atoms with Crippen molar-refractivity contribution < 1.29 is 33.6 Å². The van der Waals surface area contributed by atoms with Gasteiger partial charge in [0, 0.05) is 0 Å². The molecule has 0 saturated carbocycles. The number of hydrogen-bond donors (Lipinski definition) is 5. The minimum Gasteiger partial charge on any atom is -0.348 e. The summed E-state index contributed by atoms with van der Waals surface area (Å²) in [5.74, 6) is 0. The van der Waals surface area contributed by atoms with Gasteiger partial charge in [0.05, 0.1) is 0 Å². The van der Waals surface area contributed by atoms with Crippen LogP contribution in [-0.4, -0.2) is 58.6 Å². The molecule has 5 N–H and O–H groups in total. The Morgan fingerprint density at radius 3 is 1.41 bits per heavy atom. The van der Waals surface area contributed by atoms with Crippen molar-refractivity contribution in [1.82, 2.24) is 0 Å². The van der Waals surface area contributed by atoms with Crippen LogP contribution >= 0.6 is 24.0 Å². The Kier molecular flexibility index (Phi) is 12.5. The molecule has 0 saturated heterocycles. The largest absolute Gasteiger partial charge is 0.402 e. The minimum absolute atomic E-state index is 0.0764. The molecule has 0 aliphatic heterocycles. The Labute approximate surface area is 112 Å². The van der Waals surface area contributed by atoms with Crippen LogP contribution in [0.15, 0.2) is 0 Å². The molecule has 0 aliphatic rings. The van der Waals surface area contributed by atoms with Crippen molar-refractivity contribution in [2.75, 3.05) is 6.16 Å². The fourth-order valence-corrected chi connectivity index (χ4v) is 6.23. The first kappa shape index (κ1) is 20.8. The van der Waals surface area contributed by atoms with Gasteiger partial charge in [0.1, 0.15) is 0 Å². The van der Waals surface area contributed by atoms with Crippen LogP contribution in [0.1, 0.15) is 20.8 Å². The Morgan fingerprint density at radius 1 is 1.06 bits per heavy atom. The zero-order valence-corrected chi connectivity index (χ0v) is 14.5. The normalized spacial score (nSPS) is 19.1. The third-order valence-electron chi connectivity index (χ3n) is 2.02.